The van der Waals surface area contributed by atoms with Crippen LogP contribution in [0.1, 0.15) is 22.6 Å². The number of rotatable bonds is 9. The van der Waals surface area contributed by atoms with E-state index in [9.17, 15) is 24.6 Å². The van der Waals surface area contributed by atoms with E-state index in [2.05, 4.69) is 6.07 Å². The number of nitro benzene ring substituents is 1. The molecule has 0 saturated carbocycles. The zero-order chi connectivity index (χ0) is 29.6. The van der Waals surface area contributed by atoms with E-state index < -0.39 is 23.4 Å². The molecule has 1 aliphatic heterocycles. The van der Waals surface area contributed by atoms with Crippen LogP contribution in [-0.4, -0.2) is 17.5 Å². The minimum absolute atomic E-state index is 0.0649. The number of halogens is 1. The van der Waals surface area contributed by atoms with Crippen molar-refractivity contribution in [1.29, 1.82) is 5.26 Å². The normalized spacial score (nSPS) is 13.8. The summed E-state index contributed by atoms with van der Waals surface area (Å²) in [5, 5.41) is 21.0. The van der Waals surface area contributed by atoms with Crippen molar-refractivity contribution in [3.63, 3.8) is 0 Å². The molecule has 2 N–H and O–H groups in total. The Kier molecular flexibility index (Phi) is 7.97. The van der Waals surface area contributed by atoms with E-state index in [1.165, 1.54) is 42.5 Å². The van der Waals surface area contributed by atoms with Crippen LogP contribution in [0.3, 0.4) is 0 Å². The molecule has 0 amide bonds. The molecule has 0 aliphatic carbocycles. The number of carbonyl (C=O) groups is 1. The zero-order valence-corrected chi connectivity index (χ0v) is 21.9. The van der Waals surface area contributed by atoms with Crippen LogP contribution in [0.15, 0.2) is 102 Å². The van der Waals surface area contributed by atoms with Crippen LogP contribution in [-0.2, 0) is 11.4 Å². The first-order valence-corrected chi connectivity index (χ1v) is 12.6. The SMILES string of the molecule is N#CC1=C(N)Oc2cc(OC(=O)COc3ccccc3[N+](=O)[O-])ccc2C1c1ccc(OCc2ccc(F)cc2)cc1. The lowest BCUT2D eigenvalue weighted by atomic mass is 9.83. The maximum absolute atomic E-state index is 13.1. The highest BCUT2D eigenvalue weighted by Crippen LogP contribution is 2.43. The van der Waals surface area contributed by atoms with Gasteiger partial charge in [0, 0.05) is 17.7 Å². The van der Waals surface area contributed by atoms with Crippen molar-refractivity contribution in [3.8, 4) is 29.1 Å². The molecular weight excluding hydrogens is 545 g/mol. The second kappa shape index (κ2) is 12.1. The molecule has 0 spiro atoms. The van der Waals surface area contributed by atoms with Crippen LogP contribution >= 0.6 is 0 Å². The van der Waals surface area contributed by atoms with Crippen LogP contribution in [0.5, 0.6) is 23.0 Å². The highest BCUT2D eigenvalue weighted by molar-refractivity contribution is 5.74. The van der Waals surface area contributed by atoms with E-state index >= 15 is 0 Å². The second-order valence-corrected chi connectivity index (χ2v) is 9.10. The summed E-state index contributed by atoms with van der Waals surface area (Å²) in [7, 11) is 0. The van der Waals surface area contributed by atoms with Crippen molar-refractivity contribution >= 4 is 11.7 Å². The zero-order valence-electron chi connectivity index (χ0n) is 21.9. The van der Waals surface area contributed by atoms with E-state index in [1.54, 1.807) is 48.5 Å². The largest absolute Gasteiger partial charge is 0.489 e. The van der Waals surface area contributed by atoms with Gasteiger partial charge in [-0.05, 0) is 47.5 Å². The predicted molar refractivity (Wildman–Crippen MR) is 147 cm³/mol. The first kappa shape index (κ1) is 27.7. The fraction of sp³-hybridized carbons (Fsp3) is 0.0968. The van der Waals surface area contributed by atoms with Gasteiger partial charge in [0.2, 0.25) is 5.88 Å². The topological polar surface area (TPSA) is 147 Å². The van der Waals surface area contributed by atoms with Gasteiger partial charge in [-0.15, -0.1) is 0 Å². The standard InChI is InChI=1S/C31H22FN3O7/c32-21-9-5-19(6-10-21)17-39-22-11-7-20(8-12-22)30-24-14-13-23(15-28(24)42-31(34)25(30)16-33)41-29(36)18-40-27-4-2-1-3-26(27)35(37)38/h1-15,30H,17-18,34H2. The number of carbonyl (C=O) groups excluding carboxylic acids is 1. The molecule has 0 bridgehead atoms. The third-order valence-corrected chi connectivity index (χ3v) is 6.36. The van der Waals surface area contributed by atoms with Gasteiger partial charge in [-0.2, -0.15) is 5.26 Å². The van der Waals surface area contributed by atoms with Crippen molar-refractivity contribution in [3.05, 3.63) is 135 Å². The molecule has 1 atom stereocenters. The molecule has 0 aromatic heterocycles. The number of nitro groups is 1. The third-order valence-electron chi connectivity index (χ3n) is 6.36. The molecule has 0 fully saturated rings. The van der Waals surface area contributed by atoms with E-state index in [1.807, 2.05) is 0 Å². The predicted octanol–water partition coefficient (Wildman–Crippen LogP) is 5.52. The number of esters is 1. The molecule has 1 heterocycles. The Morgan fingerprint density at radius 2 is 1.71 bits per heavy atom. The van der Waals surface area contributed by atoms with E-state index in [4.69, 9.17) is 24.7 Å². The summed E-state index contributed by atoms with van der Waals surface area (Å²) in [6, 6.07) is 25.6. The Bertz CT molecular complexity index is 1710. The van der Waals surface area contributed by atoms with Crippen molar-refractivity contribution in [2.24, 2.45) is 5.73 Å². The number of benzene rings is 4. The molecule has 10 nitrogen and oxygen atoms in total. The van der Waals surface area contributed by atoms with Gasteiger partial charge in [-0.25, -0.2) is 9.18 Å². The summed E-state index contributed by atoms with van der Waals surface area (Å²) in [5.74, 6) is -0.832. The minimum Gasteiger partial charge on any atom is -0.489 e. The molecule has 42 heavy (non-hydrogen) atoms. The van der Waals surface area contributed by atoms with Gasteiger partial charge in [0.1, 0.15) is 41.3 Å². The van der Waals surface area contributed by atoms with Crippen LogP contribution in [0.2, 0.25) is 0 Å². The lowest BCUT2D eigenvalue weighted by molar-refractivity contribution is -0.385. The molecule has 0 radical (unpaired) electrons. The first-order chi connectivity index (χ1) is 20.3. The minimum atomic E-state index is -0.794. The molecule has 1 aliphatic rings. The van der Waals surface area contributed by atoms with E-state index in [0.29, 0.717) is 11.3 Å². The van der Waals surface area contributed by atoms with Gasteiger partial charge in [0.15, 0.2) is 12.4 Å². The fourth-order valence-electron chi connectivity index (χ4n) is 4.37. The van der Waals surface area contributed by atoms with E-state index in [0.717, 1.165) is 11.1 Å². The Balaban J connectivity index is 1.30. The number of hydrogen-bond donors (Lipinski definition) is 1. The Hall–Kier alpha value is -5.89. The van der Waals surface area contributed by atoms with Crippen LogP contribution in [0, 0.1) is 27.3 Å². The average molecular weight is 568 g/mol. The molecule has 4 aromatic rings. The number of nitrogens with two attached hydrogens (primary N) is 1. The van der Waals surface area contributed by atoms with E-state index in [-0.39, 0.29) is 46.8 Å². The monoisotopic (exact) mass is 567 g/mol. The Labute approximate surface area is 239 Å². The van der Waals surface area contributed by atoms with Crippen LogP contribution < -0.4 is 24.7 Å². The van der Waals surface area contributed by atoms with Gasteiger partial charge in [0.05, 0.1) is 10.8 Å². The Morgan fingerprint density at radius 3 is 2.43 bits per heavy atom. The highest BCUT2D eigenvalue weighted by Gasteiger charge is 2.31. The fourth-order valence-corrected chi connectivity index (χ4v) is 4.37. The number of para-hydroxylation sites is 2. The summed E-state index contributed by atoms with van der Waals surface area (Å²) >= 11 is 0. The number of hydrogen-bond acceptors (Lipinski definition) is 9. The maximum atomic E-state index is 13.1. The molecule has 11 heteroatoms. The van der Waals surface area contributed by atoms with Gasteiger partial charge >= 0.3 is 11.7 Å². The summed E-state index contributed by atoms with van der Waals surface area (Å²) in [4.78, 5) is 22.9. The maximum Gasteiger partial charge on any atom is 0.349 e. The van der Waals surface area contributed by atoms with Crippen molar-refractivity contribution in [2.75, 3.05) is 6.61 Å². The van der Waals surface area contributed by atoms with Crippen LogP contribution in [0.4, 0.5) is 10.1 Å². The molecule has 4 aromatic carbocycles. The number of fused-ring (bicyclic) bond motifs is 1. The van der Waals surface area contributed by atoms with Crippen molar-refractivity contribution in [2.45, 2.75) is 12.5 Å². The van der Waals surface area contributed by atoms with Crippen molar-refractivity contribution in [1.82, 2.24) is 0 Å². The summed E-state index contributed by atoms with van der Waals surface area (Å²) < 4.78 is 35.2. The molecule has 210 valence electrons. The number of ether oxygens (including phenoxy) is 4. The molecular formula is C31H22FN3O7. The van der Waals surface area contributed by atoms with Crippen molar-refractivity contribution < 1.29 is 33.1 Å². The second-order valence-electron chi connectivity index (χ2n) is 9.10. The highest BCUT2D eigenvalue weighted by atomic mass is 19.1. The Morgan fingerprint density at radius 1 is 1.00 bits per heavy atom. The number of allylic oxidation sites excluding steroid dienone is 1. The van der Waals surface area contributed by atoms with Crippen LogP contribution in [0.25, 0.3) is 0 Å². The summed E-state index contributed by atoms with van der Waals surface area (Å²) in [5.41, 5.74) is 8.20. The first-order valence-electron chi connectivity index (χ1n) is 12.6. The van der Waals surface area contributed by atoms with Gasteiger partial charge in [-0.3, -0.25) is 10.1 Å². The third kappa shape index (κ3) is 6.13. The smallest absolute Gasteiger partial charge is 0.349 e. The number of nitriles is 1. The molecule has 5 rings (SSSR count). The van der Waals surface area contributed by atoms with Gasteiger partial charge in [-0.1, -0.05) is 42.5 Å². The quantitative estimate of drug-likeness (QED) is 0.120. The average Bonchev–Trinajstić information content (AvgIpc) is 2.99. The van der Waals surface area contributed by atoms with Gasteiger partial charge < -0.3 is 24.7 Å². The summed E-state index contributed by atoms with van der Waals surface area (Å²) in [6.45, 7) is -0.313. The molecule has 1 unspecified atom stereocenters. The summed E-state index contributed by atoms with van der Waals surface area (Å²) in [6.07, 6.45) is 0. The number of nitrogens with zero attached hydrogens (tertiary/aromatic N) is 2. The van der Waals surface area contributed by atoms with Gasteiger partial charge in [0.25, 0.3) is 0 Å². The lowest BCUT2D eigenvalue weighted by Crippen LogP contribution is -2.21. The lowest BCUT2D eigenvalue weighted by Gasteiger charge is -2.26. The molecule has 0 saturated heterocycles.